The molecule has 0 unspecified atom stereocenters. The van der Waals surface area contributed by atoms with E-state index in [9.17, 15) is 13.2 Å². The van der Waals surface area contributed by atoms with E-state index in [1.165, 1.54) is 36.0 Å². The second-order valence-corrected chi connectivity index (χ2v) is 7.39. The smallest absolute Gasteiger partial charge is 0.335 e. The van der Waals surface area contributed by atoms with Crippen LogP contribution in [-0.2, 0) is 9.84 Å². The predicted molar refractivity (Wildman–Crippen MR) is 80.4 cm³/mol. The highest BCUT2D eigenvalue weighted by atomic mass is 32.2. The zero-order valence-corrected chi connectivity index (χ0v) is 12.6. The topological polar surface area (TPSA) is 84.3 Å². The van der Waals surface area contributed by atoms with Crippen LogP contribution in [0.2, 0.25) is 0 Å². The molecule has 0 aliphatic heterocycles. The van der Waals surface area contributed by atoms with Gasteiger partial charge in [0.2, 0.25) is 0 Å². The number of nitrogens with zero attached hydrogens (tertiary/aromatic N) is 1. The number of rotatable bonds is 6. The molecule has 1 aromatic carbocycles. The highest BCUT2D eigenvalue weighted by molar-refractivity contribution is 8.00. The van der Waals surface area contributed by atoms with Gasteiger partial charge in [0.25, 0.3) is 0 Å². The lowest BCUT2D eigenvalue weighted by molar-refractivity contribution is 0.0697. The summed E-state index contributed by atoms with van der Waals surface area (Å²) in [6.07, 6.45) is 1.65. The van der Waals surface area contributed by atoms with Gasteiger partial charge in [-0.15, -0.1) is 11.8 Å². The third kappa shape index (κ3) is 4.30. The first-order valence-corrected chi connectivity index (χ1v) is 8.73. The summed E-state index contributed by atoms with van der Waals surface area (Å²) in [4.78, 5) is 15.0. The number of carboxylic acid groups (broad SMARTS) is 1. The number of carbonyl (C=O) groups is 1. The van der Waals surface area contributed by atoms with E-state index in [4.69, 9.17) is 5.11 Å². The van der Waals surface area contributed by atoms with Crippen molar-refractivity contribution in [1.29, 1.82) is 0 Å². The first-order valence-electron chi connectivity index (χ1n) is 6.09. The highest BCUT2D eigenvalue weighted by Crippen LogP contribution is 2.18. The van der Waals surface area contributed by atoms with E-state index in [0.29, 0.717) is 5.75 Å². The largest absolute Gasteiger partial charge is 0.478 e. The van der Waals surface area contributed by atoms with Gasteiger partial charge in [0, 0.05) is 11.9 Å². The summed E-state index contributed by atoms with van der Waals surface area (Å²) in [5.41, 5.74) is 0.0665. The Bertz CT molecular complexity index is 712. The van der Waals surface area contributed by atoms with Crippen LogP contribution in [0.4, 0.5) is 0 Å². The Morgan fingerprint density at radius 1 is 1.14 bits per heavy atom. The number of thioether (sulfide) groups is 1. The molecule has 0 aliphatic carbocycles. The summed E-state index contributed by atoms with van der Waals surface area (Å²) in [5, 5.41) is 9.56. The molecule has 5 nitrogen and oxygen atoms in total. The van der Waals surface area contributed by atoms with Crippen molar-refractivity contribution in [2.75, 3.05) is 11.5 Å². The number of benzene rings is 1. The molecule has 7 heteroatoms. The summed E-state index contributed by atoms with van der Waals surface area (Å²) in [5.74, 6) is -0.717. The maximum Gasteiger partial charge on any atom is 0.335 e. The van der Waals surface area contributed by atoms with Crippen molar-refractivity contribution in [3.05, 3.63) is 54.2 Å². The van der Waals surface area contributed by atoms with Crippen LogP contribution < -0.4 is 0 Å². The Labute approximate surface area is 127 Å². The zero-order valence-electron chi connectivity index (χ0n) is 11.0. The van der Waals surface area contributed by atoms with Crippen LogP contribution >= 0.6 is 11.8 Å². The van der Waals surface area contributed by atoms with Gasteiger partial charge >= 0.3 is 5.97 Å². The fourth-order valence-electron chi connectivity index (χ4n) is 1.61. The van der Waals surface area contributed by atoms with Crippen molar-refractivity contribution in [1.82, 2.24) is 4.98 Å². The van der Waals surface area contributed by atoms with Crippen molar-refractivity contribution < 1.29 is 18.3 Å². The van der Waals surface area contributed by atoms with Crippen LogP contribution in [0.3, 0.4) is 0 Å². The van der Waals surface area contributed by atoms with Gasteiger partial charge in [0.15, 0.2) is 9.84 Å². The molecule has 0 saturated heterocycles. The molecule has 0 saturated carbocycles. The Kier molecular flexibility index (Phi) is 4.98. The summed E-state index contributed by atoms with van der Waals surface area (Å²) >= 11 is 1.37. The van der Waals surface area contributed by atoms with Crippen molar-refractivity contribution in [2.45, 2.75) is 9.92 Å². The zero-order chi connectivity index (χ0) is 15.3. The summed E-state index contributed by atoms with van der Waals surface area (Å²) < 4.78 is 24.2. The maximum absolute atomic E-state index is 12.1. The normalized spacial score (nSPS) is 11.2. The number of aromatic nitrogens is 1. The Morgan fingerprint density at radius 2 is 1.86 bits per heavy atom. The molecule has 0 bridgehead atoms. The highest BCUT2D eigenvalue weighted by Gasteiger charge is 2.15. The molecule has 0 fully saturated rings. The quantitative estimate of drug-likeness (QED) is 0.822. The lowest BCUT2D eigenvalue weighted by Gasteiger charge is -2.04. The molecule has 0 radical (unpaired) electrons. The lowest BCUT2D eigenvalue weighted by atomic mass is 10.2. The van der Waals surface area contributed by atoms with Gasteiger partial charge in [0.05, 0.1) is 21.2 Å². The Morgan fingerprint density at radius 3 is 2.43 bits per heavy atom. The molecule has 0 spiro atoms. The molecule has 0 amide bonds. The fraction of sp³-hybridized carbons (Fsp3) is 0.143. The van der Waals surface area contributed by atoms with E-state index in [1.54, 1.807) is 12.3 Å². The number of aromatic carboxylic acids is 1. The third-order valence-electron chi connectivity index (χ3n) is 2.70. The van der Waals surface area contributed by atoms with Crippen molar-refractivity contribution in [3.63, 3.8) is 0 Å². The van der Waals surface area contributed by atoms with E-state index in [2.05, 4.69) is 4.98 Å². The van der Waals surface area contributed by atoms with Crippen LogP contribution in [0, 0.1) is 0 Å². The predicted octanol–water partition coefficient (Wildman–Crippen LogP) is 2.35. The van der Waals surface area contributed by atoms with E-state index in [0.717, 1.165) is 5.03 Å². The Balaban J connectivity index is 2.00. The van der Waals surface area contributed by atoms with Crippen molar-refractivity contribution in [3.8, 4) is 0 Å². The van der Waals surface area contributed by atoms with Gasteiger partial charge < -0.3 is 5.11 Å². The molecule has 2 rings (SSSR count). The van der Waals surface area contributed by atoms with Gasteiger partial charge in [-0.25, -0.2) is 18.2 Å². The molecular formula is C14H13NO4S2. The van der Waals surface area contributed by atoms with Gasteiger partial charge in [-0.05, 0) is 36.4 Å². The van der Waals surface area contributed by atoms with E-state index >= 15 is 0 Å². The monoisotopic (exact) mass is 323 g/mol. The molecule has 21 heavy (non-hydrogen) atoms. The van der Waals surface area contributed by atoms with Crippen molar-refractivity contribution >= 4 is 27.6 Å². The van der Waals surface area contributed by atoms with E-state index in [1.807, 2.05) is 12.1 Å². The SMILES string of the molecule is O=C(O)c1ccc(S(=O)(=O)CCSc2ccccn2)cc1. The van der Waals surface area contributed by atoms with Crippen LogP contribution in [0.25, 0.3) is 0 Å². The van der Waals surface area contributed by atoms with Gasteiger partial charge in [0.1, 0.15) is 0 Å². The molecule has 0 aliphatic rings. The number of carboxylic acids is 1. The van der Waals surface area contributed by atoms with Gasteiger partial charge in [-0.1, -0.05) is 6.07 Å². The first-order chi connectivity index (χ1) is 9.99. The van der Waals surface area contributed by atoms with Gasteiger partial charge in [-0.2, -0.15) is 0 Å². The average molecular weight is 323 g/mol. The standard InChI is InChI=1S/C14H13NO4S2/c16-14(17)11-4-6-12(7-5-11)21(18,19)10-9-20-13-3-1-2-8-15-13/h1-8H,9-10H2,(H,16,17). The van der Waals surface area contributed by atoms with Gasteiger partial charge in [-0.3, -0.25) is 0 Å². The third-order valence-corrected chi connectivity index (χ3v) is 5.64. The van der Waals surface area contributed by atoms with Crippen LogP contribution in [0.5, 0.6) is 0 Å². The minimum absolute atomic E-state index is 0.0271. The van der Waals surface area contributed by atoms with Crippen LogP contribution in [0.1, 0.15) is 10.4 Å². The molecule has 0 atom stereocenters. The summed E-state index contributed by atoms with van der Waals surface area (Å²) in [7, 11) is -3.41. The number of hydrogen-bond donors (Lipinski definition) is 1. The number of sulfone groups is 1. The number of pyridine rings is 1. The minimum Gasteiger partial charge on any atom is -0.478 e. The molecule has 2 aromatic rings. The second-order valence-electron chi connectivity index (χ2n) is 4.16. The summed E-state index contributed by atoms with van der Waals surface area (Å²) in [6, 6.07) is 10.7. The first kappa shape index (κ1) is 15.5. The fourth-order valence-corrected chi connectivity index (χ4v) is 4.13. The molecule has 1 aromatic heterocycles. The molecule has 110 valence electrons. The Hall–Kier alpha value is -1.86. The molecule has 1 heterocycles. The lowest BCUT2D eigenvalue weighted by Crippen LogP contribution is -2.09. The molecule has 1 N–H and O–H groups in total. The summed E-state index contributed by atoms with van der Waals surface area (Å²) in [6.45, 7) is 0. The van der Waals surface area contributed by atoms with Crippen LogP contribution in [-0.4, -0.2) is 36.0 Å². The maximum atomic E-state index is 12.1. The van der Waals surface area contributed by atoms with Crippen LogP contribution in [0.15, 0.2) is 58.6 Å². The molecular weight excluding hydrogens is 310 g/mol. The number of hydrogen-bond acceptors (Lipinski definition) is 5. The van der Waals surface area contributed by atoms with E-state index < -0.39 is 15.8 Å². The van der Waals surface area contributed by atoms with Crippen molar-refractivity contribution in [2.24, 2.45) is 0 Å². The average Bonchev–Trinajstić information content (AvgIpc) is 2.48. The second kappa shape index (κ2) is 6.73. The minimum atomic E-state index is -3.41. The van der Waals surface area contributed by atoms with E-state index in [-0.39, 0.29) is 16.2 Å².